The van der Waals surface area contributed by atoms with Gasteiger partial charge in [0.1, 0.15) is 6.10 Å². The van der Waals surface area contributed by atoms with E-state index in [9.17, 15) is 14.7 Å². The molecular formula is C9H14O6. The number of hydrogen-bond acceptors (Lipinski definition) is 5. The summed E-state index contributed by atoms with van der Waals surface area (Å²) in [5.74, 6) is -3.37. The summed E-state index contributed by atoms with van der Waals surface area (Å²) in [6.45, 7) is 3.51. The second-order valence-corrected chi connectivity index (χ2v) is 3.87. The zero-order valence-corrected chi connectivity index (χ0v) is 8.60. The minimum absolute atomic E-state index is 0.154. The molecule has 0 aromatic rings. The standard InChI is InChI=1S/C9H14O6/c1-9(2)14-4-7(15-9)5(10)3-6(11)8(12)13/h5,7,10H,3-4H2,1-2H3,(H,12,13)/t5-,7+/m0/s1. The molecular weight excluding hydrogens is 204 g/mol. The fourth-order valence-electron chi connectivity index (χ4n) is 1.31. The van der Waals surface area contributed by atoms with Gasteiger partial charge in [-0.2, -0.15) is 0 Å². The van der Waals surface area contributed by atoms with Crippen LogP contribution in [-0.4, -0.2) is 46.6 Å². The summed E-state index contributed by atoms with van der Waals surface area (Å²) in [6, 6.07) is 0. The average molecular weight is 218 g/mol. The van der Waals surface area contributed by atoms with Gasteiger partial charge in [0.15, 0.2) is 5.79 Å². The van der Waals surface area contributed by atoms with E-state index in [0.717, 1.165) is 0 Å². The van der Waals surface area contributed by atoms with Gasteiger partial charge in [-0.15, -0.1) is 0 Å². The Kier molecular flexibility index (Phi) is 3.43. The second kappa shape index (κ2) is 4.26. The molecule has 0 aliphatic carbocycles. The molecule has 15 heavy (non-hydrogen) atoms. The van der Waals surface area contributed by atoms with E-state index < -0.39 is 36.2 Å². The van der Waals surface area contributed by atoms with Gasteiger partial charge < -0.3 is 19.7 Å². The number of aliphatic hydroxyl groups excluding tert-OH is 1. The quantitative estimate of drug-likeness (QED) is 0.620. The number of Topliss-reactive ketones (excluding diaryl/α,β-unsaturated/α-hetero) is 1. The number of carboxylic acids is 1. The lowest BCUT2D eigenvalue weighted by Crippen LogP contribution is -2.33. The third kappa shape index (κ3) is 3.26. The van der Waals surface area contributed by atoms with Crippen LogP contribution in [0, 0.1) is 0 Å². The van der Waals surface area contributed by atoms with Crippen molar-refractivity contribution in [1.29, 1.82) is 0 Å². The summed E-state index contributed by atoms with van der Waals surface area (Å²) in [5.41, 5.74) is 0. The van der Waals surface area contributed by atoms with E-state index in [-0.39, 0.29) is 6.61 Å². The Morgan fingerprint density at radius 3 is 2.53 bits per heavy atom. The molecule has 0 saturated carbocycles. The largest absolute Gasteiger partial charge is 0.475 e. The predicted octanol–water partition coefficient (Wildman–Crippen LogP) is -0.457. The van der Waals surface area contributed by atoms with Crippen LogP contribution in [-0.2, 0) is 19.1 Å². The first kappa shape index (κ1) is 12.1. The molecule has 1 aliphatic heterocycles. The number of rotatable bonds is 4. The van der Waals surface area contributed by atoms with Crippen molar-refractivity contribution in [3.8, 4) is 0 Å². The SMILES string of the molecule is CC1(C)OC[C@H]([C@@H](O)CC(=O)C(=O)O)O1. The van der Waals surface area contributed by atoms with Gasteiger partial charge in [-0.25, -0.2) is 4.79 Å². The van der Waals surface area contributed by atoms with Crippen LogP contribution in [0.15, 0.2) is 0 Å². The van der Waals surface area contributed by atoms with Crippen molar-refractivity contribution in [2.24, 2.45) is 0 Å². The van der Waals surface area contributed by atoms with Gasteiger partial charge in [-0.1, -0.05) is 0 Å². The van der Waals surface area contributed by atoms with Gasteiger partial charge in [0, 0.05) is 6.42 Å². The summed E-state index contributed by atoms with van der Waals surface area (Å²) in [7, 11) is 0. The van der Waals surface area contributed by atoms with Crippen LogP contribution >= 0.6 is 0 Å². The Labute approximate surface area is 86.8 Å². The molecule has 0 unspecified atom stereocenters. The lowest BCUT2D eigenvalue weighted by molar-refractivity contribution is -0.157. The highest BCUT2D eigenvalue weighted by atomic mass is 16.7. The van der Waals surface area contributed by atoms with Crippen LogP contribution in [0.3, 0.4) is 0 Å². The van der Waals surface area contributed by atoms with Crippen LogP contribution in [0.5, 0.6) is 0 Å². The van der Waals surface area contributed by atoms with Gasteiger partial charge in [0.2, 0.25) is 5.78 Å². The van der Waals surface area contributed by atoms with E-state index in [2.05, 4.69) is 0 Å². The van der Waals surface area contributed by atoms with Crippen molar-refractivity contribution in [3.05, 3.63) is 0 Å². The summed E-state index contributed by atoms with van der Waals surface area (Å²) in [4.78, 5) is 21.1. The maximum absolute atomic E-state index is 10.8. The average Bonchev–Trinajstić information content (AvgIpc) is 2.45. The van der Waals surface area contributed by atoms with E-state index in [1.165, 1.54) is 0 Å². The number of carboxylic acid groups (broad SMARTS) is 1. The molecule has 1 heterocycles. The monoisotopic (exact) mass is 218 g/mol. The Morgan fingerprint density at radius 2 is 2.13 bits per heavy atom. The summed E-state index contributed by atoms with van der Waals surface area (Å²) < 4.78 is 10.4. The lowest BCUT2D eigenvalue weighted by Gasteiger charge is -2.19. The third-order valence-corrected chi connectivity index (χ3v) is 2.09. The summed E-state index contributed by atoms with van der Waals surface area (Å²) in [5, 5.41) is 17.9. The van der Waals surface area contributed by atoms with Crippen molar-refractivity contribution < 1.29 is 29.3 Å². The van der Waals surface area contributed by atoms with Crippen molar-refractivity contribution in [2.75, 3.05) is 6.61 Å². The molecule has 0 aromatic carbocycles. The van der Waals surface area contributed by atoms with E-state index in [1.54, 1.807) is 13.8 Å². The van der Waals surface area contributed by atoms with E-state index in [1.807, 2.05) is 0 Å². The van der Waals surface area contributed by atoms with Gasteiger partial charge >= 0.3 is 5.97 Å². The minimum Gasteiger partial charge on any atom is -0.475 e. The van der Waals surface area contributed by atoms with E-state index >= 15 is 0 Å². The first-order chi connectivity index (χ1) is 6.82. The Bertz CT molecular complexity index is 272. The minimum atomic E-state index is -1.55. The summed E-state index contributed by atoms with van der Waals surface area (Å²) >= 11 is 0. The van der Waals surface area contributed by atoms with Crippen molar-refractivity contribution >= 4 is 11.8 Å². The number of aliphatic carboxylic acids is 1. The molecule has 0 amide bonds. The first-order valence-corrected chi connectivity index (χ1v) is 4.58. The van der Waals surface area contributed by atoms with Crippen LogP contribution in [0.25, 0.3) is 0 Å². The Morgan fingerprint density at radius 1 is 1.53 bits per heavy atom. The molecule has 86 valence electrons. The molecule has 2 atom stereocenters. The van der Waals surface area contributed by atoms with E-state index in [4.69, 9.17) is 14.6 Å². The van der Waals surface area contributed by atoms with Crippen molar-refractivity contribution in [1.82, 2.24) is 0 Å². The Hall–Kier alpha value is -0.980. The fourth-order valence-corrected chi connectivity index (χ4v) is 1.31. The molecule has 0 spiro atoms. The van der Waals surface area contributed by atoms with Crippen molar-refractivity contribution in [2.45, 2.75) is 38.3 Å². The number of carbonyl (C=O) groups is 2. The molecule has 1 rings (SSSR count). The molecule has 6 nitrogen and oxygen atoms in total. The maximum Gasteiger partial charge on any atom is 0.372 e. The van der Waals surface area contributed by atoms with Crippen LogP contribution in [0.2, 0.25) is 0 Å². The molecule has 2 N–H and O–H groups in total. The molecule has 1 aliphatic rings. The highest BCUT2D eigenvalue weighted by Crippen LogP contribution is 2.25. The molecule has 6 heteroatoms. The number of ketones is 1. The number of hydrogen-bond donors (Lipinski definition) is 2. The number of ether oxygens (including phenoxy) is 2. The predicted molar refractivity (Wildman–Crippen MR) is 48.2 cm³/mol. The van der Waals surface area contributed by atoms with Gasteiger partial charge in [-0.05, 0) is 13.8 Å². The number of carbonyl (C=O) groups excluding carboxylic acids is 1. The van der Waals surface area contributed by atoms with Crippen molar-refractivity contribution in [3.63, 3.8) is 0 Å². The number of aliphatic hydroxyl groups is 1. The van der Waals surface area contributed by atoms with Gasteiger partial charge in [0.05, 0.1) is 12.7 Å². The fraction of sp³-hybridized carbons (Fsp3) is 0.778. The maximum atomic E-state index is 10.8. The third-order valence-electron chi connectivity index (χ3n) is 2.09. The highest BCUT2D eigenvalue weighted by Gasteiger charge is 2.37. The molecule has 0 radical (unpaired) electrons. The zero-order valence-electron chi connectivity index (χ0n) is 8.60. The Balaban J connectivity index is 2.45. The smallest absolute Gasteiger partial charge is 0.372 e. The topological polar surface area (TPSA) is 93.1 Å². The molecule has 0 bridgehead atoms. The summed E-state index contributed by atoms with van der Waals surface area (Å²) in [6.07, 6.45) is -2.25. The van der Waals surface area contributed by atoms with E-state index in [0.29, 0.717) is 0 Å². The molecule has 1 fully saturated rings. The van der Waals surface area contributed by atoms with Gasteiger partial charge in [-0.3, -0.25) is 4.79 Å². The zero-order chi connectivity index (χ0) is 11.6. The lowest BCUT2D eigenvalue weighted by atomic mass is 10.1. The molecule has 0 aromatic heterocycles. The molecule has 1 saturated heterocycles. The second-order valence-electron chi connectivity index (χ2n) is 3.87. The van der Waals surface area contributed by atoms with Crippen LogP contribution in [0.4, 0.5) is 0 Å². The van der Waals surface area contributed by atoms with Gasteiger partial charge in [0.25, 0.3) is 0 Å². The van der Waals surface area contributed by atoms with Crippen LogP contribution in [0.1, 0.15) is 20.3 Å². The van der Waals surface area contributed by atoms with Crippen LogP contribution < -0.4 is 0 Å². The first-order valence-electron chi connectivity index (χ1n) is 4.58. The highest BCUT2D eigenvalue weighted by molar-refractivity contribution is 6.32. The normalized spacial score (nSPS) is 26.2.